The predicted octanol–water partition coefficient (Wildman–Crippen LogP) is 5.68. The summed E-state index contributed by atoms with van der Waals surface area (Å²) >= 11 is 1.59. The summed E-state index contributed by atoms with van der Waals surface area (Å²) in [6.07, 6.45) is 9.09. The molecule has 3 rings (SSSR count). The van der Waals surface area contributed by atoms with Gasteiger partial charge >= 0.3 is 0 Å². The van der Waals surface area contributed by atoms with E-state index in [1.165, 1.54) is 17.7 Å². The van der Waals surface area contributed by atoms with Crippen molar-refractivity contribution >= 4 is 29.1 Å². The van der Waals surface area contributed by atoms with Crippen molar-refractivity contribution in [1.82, 2.24) is 20.5 Å². The number of nitrogens with one attached hydrogen (secondary N) is 2. The van der Waals surface area contributed by atoms with Crippen LogP contribution in [0.3, 0.4) is 0 Å². The van der Waals surface area contributed by atoms with E-state index >= 15 is 0 Å². The Morgan fingerprint density at radius 2 is 1.58 bits per heavy atom. The van der Waals surface area contributed by atoms with Crippen molar-refractivity contribution in [2.75, 3.05) is 13.2 Å². The highest BCUT2D eigenvalue weighted by atomic mass is 32.1. The Hall–Kier alpha value is -2.82. The van der Waals surface area contributed by atoms with Crippen LogP contribution in [0.4, 0.5) is 0 Å². The van der Waals surface area contributed by atoms with Crippen molar-refractivity contribution in [3.05, 3.63) is 41.0 Å². The average molecular weight is 643 g/mol. The maximum Gasteiger partial charge on any atom is 0.246 e. The molecule has 4 atom stereocenters. The Morgan fingerprint density at radius 3 is 2.13 bits per heavy atom. The van der Waals surface area contributed by atoms with Crippen LogP contribution in [-0.4, -0.2) is 69.2 Å². The molecule has 4 N–H and O–H groups in total. The van der Waals surface area contributed by atoms with E-state index < -0.39 is 23.6 Å². The predicted molar refractivity (Wildman–Crippen MR) is 180 cm³/mol. The molecule has 10 heteroatoms. The molecular formula is C35H54N4O5S. The molecule has 2 aromatic rings. The maximum absolute atomic E-state index is 13.9. The molecule has 1 fully saturated rings. The van der Waals surface area contributed by atoms with E-state index in [1.54, 1.807) is 11.3 Å². The Morgan fingerprint density at radius 1 is 0.978 bits per heavy atom. The highest BCUT2D eigenvalue weighted by molar-refractivity contribution is 7.13. The van der Waals surface area contributed by atoms with Crippen LogP contribution in [-0.2, 0) is 14.4 Å². The number of β-amino-alcohol motifs (C(OH)–C–C–N with tert-alkyl or cyclic N) is 1. The molecule has 9 nitrogen and oxygen atoms in total. The minimum atomic E-state index is -0.820. The molecule has 1 aromatic carbocycles. The monoisotopic (exact) mass is 642 g/mol. The topological polar surface area (TPSA) is 132 Å². The molecule has 45 heavy (non-hydrogen) atoms. The molecular weight excluding hydrogens is 588 g/mol. The summed E-state index contributed by atoms with van der Waals surface area (Å²) in [7, 11) is 0. The number of aryl methyl sites for hydroxylation is 1. The minimum Gasteiger partial charge on any atom is -0.396 e. The Balaban J connectivity index is 1.53. The van der Waals surface area contributed by atoms with Gasteiger partial charge in [0, 0.05) is 26.0 Å². The molecule has 0 bridgehead atoms. The van der Waals surface area contributed by atoms with Crippen LogP contribution in [0.15, 0.2) is 29.8 Å². The molecule has 0 spiro atoms. The maximum atomic E-state index is 13.9. The lowest BCUT2D eigenvalue weighted by atomic mass is 9.85. The van der Waals surface area contributed by atoms with Crippen LogP contribution in [0, 0.1) is 12.3 Å². The molecule has 3 amide bonds. The third kappa shape index (κ3) is 11.2. The number of aliphatic hydroxyl groups excluding tert-OH is 2. The highest BCUT2D eigenvalue weighted by Gasteiger charge is 2.44. The lowest BCUT2D eigenvalue weighted by molar-refractivity contribution is -0.144. The number of thiazole rings is 1. The number of nitrogens with zero attached hydrogens (tertiary/aromatic N) is 2. The number of aliphatic hydroxyl groups is 2. The molecule has 2 heterocycles. The number of hydrogen-bond donors (Lipinski definition) is 4. The number of hydrogen-bond acceptors (Lipinski definition) is 7. The molecule has 1 aliphatic heterocycles. The molecule has 0 radical (unpaired) electrons. The van der Waals surface area contributed by atoms with Crippen molar-refractivity contribution in [2.24, 2.45) is 5.41 Å². The molecule has 1 unspecified atom stereocenters. The van der Waals surface area contributed by atoms with Crippen LogP contribution in [0.5, 0.6) is 0 Å². The fourth-order valence-corrected chi connectivity index (χ4v) is 6.70. The Labute approximate surface area is 273 Å². The number of rotatable bonds is 17. The fraction of sp³-hybridized carbons (Fsp3) is 0.657. The Bertz CT molecular complexity index is 1230. The van der Waals surface area contributed by atoms with Gasteiger partial charge in [0.1, 0.15) is 12.1 Å². The van der Waals surface area contributed by atoms with Crippen LogP contribution < -0.4 is 10.6 Å². The van der Waals surface area contributed by atoms with Gasteiger partial charge in [0.2, 0.25) is 17.7 Å². The van der Waals surface area contributed by atoms with Crippen LogP contribution in [0.1, 0.15) is 116 Å². The summed E-state index contributed by atoms with van der Waals surface area (Å²) in [5.41, 5.74) is 4.24. The number of carbonyl (C=O) groups excluding carboxylic acids is 3. The third-order valence-corrected chi connectivity index (χ3v) is 9.60. The quantitative estimate of drug-likeness (QED) is 0.164. The number of amides is 3. The van der Waals surface area contributed by atoms with E-state index in [0.717, 1.165) is 66.6 Å². The van der Waals surface area contributed by atoms with Gasteiger partial charge in [0.25, 0.3) is 0 Å². The zero-order valence-electron chi connectivity index (χ0n) is 27.8. The van der Waals surface area contributed by atoms with E-state index in [2.05, 4.69) is 15.6 Å². The number of benzene rings is 1. The van der Waals surface area contributed by atoms with E-state index in [9.17, 15) is 19.5 Å². The zero-order chi connectivity index (χ0) is 33.0. The largest absolute Gasteiger partial charge is 0.396 e. The van der Waals surface area contributed by atoms with E-state index in [0.29, 0.717) is 6.42 Å². The summed E-state index contributed by atoms with van der Waals surface area (Å²) in [5.74, 6) is -0.827. The lowest BCUT2D eigenvalue weighted by Gasteiger charge is -2.35. The SMILES string of the molecule is Cc1ncsc1-c1ccc([C@H](C)NC(=O)[C@@H]2C[C@@H](O)CN2C(=O)C(NC(=O)CCCCCCCCCCCO)C(C)(C)C)cc1. The first kappa shape index (κ1) is 36.6. The fourth-order valence-electron chi connectivity index (χ4n) is 5.88. The van der Waals surface area contributed by atoms with E-state index in [4.69, 9.17) is 5.11 Å². The summed E-state index contributed by atoms with van der Waals surface area (Å²) in [4.78, 5) is 47.1. The Kier molecular flexibility index (Phi) is 14.5. The van der Waals surface area contributed by atoms with Gasteiger partial charge in [-0.1, -0.05) is 90.0 Å². The van der Waals surface area contributed by atoms with Gasteiger partial charge in [-0.25, -0.2) is 4.98 Å². The standard InChI is InChI=1S/C35H54N4O5S/c1-24(26-16-18-27(19-17-26)31-25(2)36-23-45-31)37-33(43)29-21-28(41)22-39(29)34(44)32(35(3,4)5)38-30(42)15-13-11-9-7-6-8-10-12-14-20-40/h16-19,23-24,28-29,32,40-41H,6-15,20-22H2,1-5H3,(H,37,43)(H,38,42)/t24-,28+,29-,32?/m0/s1. The molecule has 0 saturated carbocycles. The lowest BCUT2D eigenvalue weighted by Crippen LogP contribution is -2.57. The van der Waals surface area contributed by atoms with E-state index in [1.807, 2.05) is 64.4 Å². The summed E-state index contributed by atoms with van der Waals surface area (Å²) < 4.78 is 0. The van der Waals surface area contributed by atoms with Gasteiger partial charge in [0.05, 0.1) is 28.2 Å². The molecule has 1 aliphatic rings. The molecule has 0 aliphatic carbocycles. The second-order valence-corrected chi connectivity index (χ2v) is 14.4. The average Bonchev–Trinajstić information content (AvgIpc) is 3.61. The van der Waals surface area contributed by atoms with Crippen molar-refractivity contribution in [3.63, 3.8) is 0 Å². The van der Waals surface area contributed by atoms with Crippen molar-refractivity contribution in [2.45, 2.75) is 129 Å². The smallest absolute Gasteiger partial charge is 0.246 e. The van der Waals surface area contributed by atoms with E-state index in [-0.39, 0.29) is 43.3 Å². The number of aromatic nitrogens is 1. The first-order valence-electron chi connectivity index (χ1n) is 16.6. The number of unbranched alkanes of at least 4 members (excludes halogenated alkanes) is 8. The van der Waals surface area contributed by atoms with Gasteiger partial charge in [-0.3, -0.25) is 14.4 Å². The molecule has 1 aromatic heterocycles. The minimum absolute atomic E-state index is 0.0522. The van der Waals surface area contributed by atoms with Crippen LogP contribution in [0.25, 0.3) is 10.4 Å². The normalized spacial score (nSPS) is 18.1. The summed E-state index contributed by atoms with van der Waals surface area (Å²) in [6, 6.07) is 6.08. The first-order valence-corrected chi connectivity index (χ1v) is 17.5. The zero-order valence-corrected chi connectivity index (χ0v) is 28.6. The van der Waals surface area contributed by atoms with Gasteiger partial charge in [-0.05, 0) is 43.2 Å². The first-order chi connectivity index (χ1) is 21.4. The second-order valence-electron chi connectivity index (χ2n) is 13.5. The highest BCUT2D eigenvalue weighted by Crippen LogP contribution is 2.29. The van der Waals surface area contributed by atoms with Crippen molar-refractivity contribution < 1.29 is 24.6 Å². The van der Waals surface area contributed by atoms with Crippen molar-refractivity contribution in [3.8, 4) is 10.4 Å². The second kappa shape index (κ2) is 17.8. The van der Waals surface area contributed by atoms with Crippen LogP contribution >= 0.6 is 11.3 Å². The molecule has 1 saturated heterocycles. The number of likely N-dealkylation sites (tertiary alicyclic amines) is 1. The molecule has 250 valence electrons. The van der Waals surface area contributed by atoms with Gasteiger partial charge < -0.3 is 25.7 Å². The third-order valence-electron chi connectivity index (χ3n) is 8.62. The van der Waals surface area contributed by atoms with Gasteiger partial charge in [-0.2, -0.15) is 0 Å². The van der Waals surface area contributed by atoms with Crippen LogP contribution in [0.2, 0.25) is 0 Å². The van der Waals surface area contributed by atoms with Gasteiger partial charge in [0.15, 0.2) is 0 Å². The number of carbonyl (C=O) groups is 3. The van der Waals surface area contributed by atoms with Gasteiger partial charge in [-0.15, -0.1) is 11.3 Å². The summed E-state index contributed by atoms with van der Waals surface area (Å²) in [6.45, 7) is 9.90. The van der Waals surface area contributed by atoms with Crippen molar-refractivity contribution in [1.29, 1.82) is 0 Å². The summed E-state index contributed by atoms with van der Waals surface area (Å²) in [5, 5.41) is 25.4.